The second-order valence-electron chi connectivity index (χ2n) is 3.84. The van der Waals surface area contributed by atoms with E-state index in [0.29, 0.717) is 6.42 Å². The lowest BCUT2D eigenvalue weighted by molar-refractivity contribution is 0.601. The molecular formula is C10H11ClFNO2S. The first-order chi connectivity index (χ1) is 7.48. The van der Waals surface area contributed by atoms with Gasteiger partial charge < -0.3 is 5.32 Å². The van der Waals surface area contributed by atoms with Crippen molar-refractivity contribution in [3.8, 4) is 0 Å². The maximum Gasteiger partial charge on any atom is 0.152 e. The van der Waals surface area contributed by atoms with E-state index in [1.54, 1.807) is 6.07 Å². The number of nitrogens with one attached hydrogen (secondary N) is 1. The lowest BCUT2D eigenvalue weighted by atomic mass is 10.2. The van der Waals surface area contributed by atoms with Crippen molar-refractivity contribution in [3.63, 3.8) is 0 Å². The van der Waals surface area contributed by atoms with Gasteiger partial charge in [-0.15, -0.1) is 0 Å². The summed E-state index contributed by atoms with van der Waals surface area (Å²) in [6.45, 7) is 0. The van der Waals surface area contributed by atoms with Crippen molar-refractivity contribution in [3.05, 3.63) is 29.0 Å². The largest absolute Gasteiger partial charge is 0.378 e. The van der Waals surface area contributed by atoms with Gasteiger partial charge in [0.1, 0.15) is 5.82 Å². The Balaban J connectivity index is 2.16. The van der Waals surface area contributed by atoms with Crippen molar-refractivity contribution in [2.75, 3.05) is 16.8 Å². The molecule has 1 fully saturated rings. The Labute approximate surface area is 98.5 Å². The first-order valence-corrected chi connectivity index (χ1v) is 7.09. The summed E-state index contributed by atoms with van der Waals surface area (Å²) in [6, 6.07) is 4.11. The van der Waals surface area contributed by atoms with Crippen LogP contribution in [0, 0.1) is 5.82 Å². The fourth-order valence-corrected chi connectivity index (χ4v) is 3.64. The van der Waals surface area contributed by atoms with Gasteiger partial charge in [0.2, 0.25) is 0 Å². The molecule has 0 bridgehead atoms. The Kier molecular flexibility index (Phi) is 3.08. The van der Waals surface area contributed by atoms with Crippen LogP contribution < -0.4 is 5.32 Å². The molecule has 1 aliphatic rings. The number of sulfone groups is 1. The molecule has 0 saturated carbocycles. The average molecular weight is 264 g/mol. The SMILES string of the molecule is O=S1(=O)CCC(Nc2c(F)cccc2Cl)C1. The van der Waals surface area contributed by atoms with Crippen LogP contribution in [0.2, 0.25) is 5.02 Å². The molecule has 88 valence electrons. The van der Waals surface area contributed by atoms with Crippen LogP contribution in [0.3, 0.4) is 0 Å². The molecular weight excluding hydrogens is 253 g/mol. The van der Waals surface area contributed by atoms with E-state index in [0.717, 1.165) is 0 Å². The van der Waals surface area contributed by atoms with Crippen LogP contribution in [-0.2, 0) is 9.84 Å². The number of anilines is 1. The Morgan fingerprint density at radius 1 is 1.44 bits per heavy atom. The van der Waals surface area contributed by atoms with Gasteiger partial charge in [0.25, 0.3) is 0 Å². The first kappa shape index (κ1) is 11.7. The molecule has 1 aromatic carbocycles. The highest BCUT2D eigenvalue weighted by atomic mass is 35.5. The van der Waals surface area contributed by atoms with Crippen molar-refractivity contribution in [1.82, 2.24) is 0 Å². The number of hydrogen-bond acceptors (Lipinski definition) is 3. The number of hydrogen-bond donors (Lipinski definition) is 1. The predicted molar refractivity (Wildman–Crippen MR) is 62.1 cm³/mol. The van der Waals surface area contributed by atoms with Crippen LogP contribution >= 0.6 is 11.6 Å². The van der Waals surface area contributed by atoms with E-state index in [-0.39, 0.29) is 28.3 Å². The third-order valence-corrected chi connectivity index (χ3v) is 4.63. The van der Waals surface area contributed by atoms with Crippen molar-refractivity contribution in [2.45, 2.75) is 12.5 Å². The molecule has 1 heterocycles. The normalized spacial score (nSPS) is 23.2. The van der Waals surface area contributed by atoms with E-state index < -0.39 is 15.7 Å². The Hall–Kier alpha value is -0.810. The molecule has 1 atom stereocenters. The minimum atomic E-state index is -2.97. The summed E-state index contributed by atoms with van der Waals surface area (Å²) in [7, 11) is -2.97. The Morgan fingerprint density at radius 3 is 2.75 bits per heavy atom. The van der Waals surface area contributed by atoms with Gasteiger partial charge in [-0.2, -0.15) is 0 Å². The standard InChI is InChI=1S/C10H11ClFNO2S/c11-8-2-1-3-9(12)10(8)13-7-4-5-16(14,15)6-7/h1-3,7,13H,4-6H2. The molecule has 1 unspecified atom stereocenters. The predicted octanol–water partition coefficient (Wildman–Crippen LogP) is 2.08. The second kappa shape index (κ2) is 4.22. The second-order valence-corrected chi connectivity index (χ2v) is 6.48. The smallest absolute Gasteiger partial charge is 0.152 e. The van der Waals surface area contributed by atoms with E-state index in [2.05, 4.69) is 5.32 Å². The molecule has 0 spiro atoms. The van der Waals surface area contributed by atoms with Gasteiger partial charge in [0, 0.05) is 6.04 Å². The van der Waals surface area contributed by atoms with Crippen LogP contribution in [0.15, 0.2) is 18.2 Å². The summed E-state index contributed by atoms with van der Waals surface area (Å²) in [5.41, 5.74) is 0.186. The molecule has 3 nitrogen and oxygen atoms in total. The molecule has 1 aliphatic heterocycles. The number of benzene rings is 1. The van der Waals surface area contributed by atoms with E-state index in [1.165, 1.54) is 12.1 Å². The summed E-state index contributed by atoms with van der Waals surface area (Å²) in [6.07, 6.45) is 0.493. The molecule has 0 aliphatic carbocycles. The van der Waals surface area contributed by atoms with E-state index >= 15 is 0 Å². The van der Waals surface area contributed by atoms with Gasteiger partial charge in [-0.1, -0.05) is 17.7 Å². The van der Waals surface area contributed by atoms with E-state index in [1.807, 2.05) is 0 Å². The van der Waals surface area contributed by atoms with Gasteiger partial charge in [0.05, 0.1) is 22.2 Å². The highest BCUT2D eigenvalue weighted by Gasteiger charge is 2.28. The maximum absolute atomic E-state index is 13.4. The highest BCUT2D eigenvalue weighted by Crippen LogP contribution is 2.27. The molecule has 0 radical (unpaired) electrons. The van der Waals surface area contributed by atoms with E-state index in [9.17, 15) is 12.8 Å². The van der Waals surface area contributed by atoms with Gasteiger partial charge in [-0.3, -0.25) is 0 Å². The zero-order valence-electron chi connectivity index (χ0n) is 8.41. The molecule has 16 heavy (non-hydrogen) atoms. The van der Waals surface area contributed by atoms with Gasteiger partial charge in [-0.05, 0) is 18.6 Å². The third-order valence-electron chi connectivity index (χ3n) is 2.54. The van der Waals surface area contributed by atoms with Gasteiger partial charge in [-0.25, -0.2) is 12.8 Å². The molecule has 0 aromatic heterocycles. The lowest BCUT2D eigenvalue weighted by Gasteiger charge is -2.14. The number of rotatable bonds is 2. The zero-order chi connectivity index (χ0) is 11.8. The Bertz CT molecular complexity index is 483. The van der Waals surface area contributed by atoms with Crippen LogP contribution in [0.4, 0.5) is 10.1 Å². The summed E-state index contributed by atoms with van der Waals surface area (Å²) in [5.74, 6) is -0.272. The van der Waals surface area contributed by atoms with Crippen molar-refractivity contribution in [2.24, 2.45) is 0 Å². The molecule has 2 rings (SSSR count). The number of para-hydroxylation sites is 1. The fourth-order valence-electron chi connectivity index (χ4n) is 1.75. The lowest BCUT2D eigenvalue weighted by Crippen LogP contribution is -2.21. The highest BCUT2D eigenvalue weighted by molar-refractivity contribution is 7.91. The summed E-state index contributed by atoms with van der Waals surface area (Å²) in [4.78, 5) is 0. The first-order valence-electron chi connectivity index (χ1n) is 4.89. The van der Waals surface area contributed by atoms with Crippen molar-refractivity contribution >= 4 is 27.1 Å². The van der Waals surface area contributed by atoms with Crippen molar-refractivity contribution in [1.29, 1.82) is 0 Å². The van der Waals surface area contributed by atoms with Gasteiger partial charge >= 0.3 is 0 Å². The van der Waals surface area contributed by atoms with Crippen molar-refractivity contribution < 1.29 is 12.8 Å². The molecule has 6 heteroatoms. The van der Waals surface area contributed by atoms with Gasteiger partial charge in [0.15, 0.2) is 9.84 Å². The minimum Gasteiger partial charge on any atom is -0.378 e. The van der Waals surface area contributed by atoms with Crippen LogP contribution in [0.1, 0.15) is 6.42 Å². The number of halogens is 2. The zero-order valence-corrected chi connectivity index (χ0v) is 9.98. The van der Waals surface area contributed by atoms with Crippen LogP contribution in [0.25, 0.3) is 0 Å². The Morgan fingerprint density at radius 2 is 2.19 bits per heavy atom. The minimum absolute atomic E-state index is 0.0393. The van der Waals surface area contributed by atoms with Crippen LogP contribution in [-0.4, -0.2) is 26.0 Å². The quantitative estimate of drug-likeness (QED) is 0.889. The summed E-state index contributed by atoms with van der Waals surface area (Å²) < 4.78 is 35.9. The summed E-state index contributed by atoms with van der Waals surface area (Å²) in [5, 5.41) is 3.11. The van der Waals surface area contributed by atoms with E-state index in [4.69, 9.17) is 11.6 Å². The fraction of sp³-hybridized carbons (Fsp3) is 0.400. The average Bonchev–Trinajstić information content (AvgIpc) is 2.52. The third kappa shape index (κ3) is 2.47. The molecule has 1 saturated heterocycles. The maximum atomic E-state index is 13.4. The molecule has 1 aromatic rings. The topological polar surface area (TPSA) is 46.2 Å². The summed E-state index contributed by atoms with van der Waals surface area (Å²) >= 11 is 5.83. The monoisotopic (exact) mass is 263 g/mol. The molecule has 1 N–H and O–H groups in total. The van der Waals surface area contributed by atoms with Crippen LogP contribution in [0.5, 0.6) is 0 Å². The molecule has 0 amide bonds.